The number of halogens is 1. The van der Waals surface area contributed by atoms with Gasteiger partial charge in [0.15, 0.2) is 5.82 Å². The van der Waals surface area contributed by atoms with Crippen LogP contribution < -0.4 is 11.1 Å². The lowest BCUT2D eigenvalue weighted by molar-refractivity contribution is 0.226. The van der Waals surface area contributed by atoms with Gasteiger partial charge in [-0.15, -0.1) is 0 Å². The van der Waals surface area contributed by atoms with Gasteiger partial charge in [-0.25, -0.2) is 4.39 Å². The summed E-state index contributed by atoms with van der Waals surface area (Å²) in [5.74, 6) is -0.327. The maximum Gasteiger partial charge on any atom is 0.150 e. The number of piperidine rings is 1. The SMILES string of the molecule is CCN1CCCC(Nc2c(F)cc(N)c3cccnc23)C1. The van der Waals surface area contributed by atoms with Crippen LogP contribution in [0.15, 0.2) is 24.4 Å². The van der Waals surface area contributed by atoms with Gasteiger partial charge in [0.1, 0.15) is 0 Å². The molecule has 2 aromatic rings. The summed E-state index contributed by atoms with van der Waals surface area (Å²) in [6, 6.07) is 5.33. The second-order valence-electron chi connectivity index (χ2n) is 5.60. The van der Waals surface area contributed by atoms with E-state index in [4.69, 9.17) is 5.73 Å². The third-order valence-electron chi connectivity index (χ3n) is 4.18. The van der Waals surface area contributed by atoms with E-state index >= 15 is 0 Å². The molecule has 4 nitrogen and oxygen atoms in total. The minimum atomic E-state index is -0.327. The number of likely N-dealkylation sites (tertiary alicyclic amines) is 1. The standard InChI is InChI=1S/C16H21FN4/c1-2-21-8-4-5-11(10-21)20-16-13(17)9-14(18)12-6-3-7-19-15(12)16/h3,6-7,9,11,20H,2,4-5,8,10,18H2,1H3. The first kappa shape index (κ1) is 14.1. The normalized spacial score (nSPS) is 19.8. The number of likely N-dealkylation sites (N-methyl/N-ethyl adjacent to an activating group) is 1. The van der Waals surface area contributed by atoms with Crippen LogP contribution >= 0.6 is 0 Å². The zero-order chi connectivity index (χ0) is 14.8. The molecule has 1 aliphatic rings. The number of pyridine rings is 1. The van der Waals surface area contributed by atoms with Gasteiger partial charge >= 0.3 is 0 Å². The van der Waals surface area contributed by atoms with Crippen molar-refractivity contribution in [2.75, 3.05) is 30.7 Å². The molecule has 1 saturated heterocycles. The lowest BCUT2D eigenvalue weighted by Gasteiger charge is -2.33. The number of rotatable bonds is 3. The number of aromatic nitrogens is 1. The third kappa shape index (κ3) is 2.78. The van der Waals surface area contributed by atoms with Crippen LogP contribution in [0, 0.1) is 5.82 Å². The van der Waals surface area contributed by atoms with Crippen LogP contribution in [0.5, 0.6) is 0 Å². The fourth-order valence-corrected chi connectivity index (χ4v) is 3.04. The van der Waals surface area contributed by atoms with Crippen LogP contribution in [-0.2, 0) is 0 Å². The summed E-state index contributed by atoms with van der Waals surface area (Å²) in [6.45, 7) is 5.25. The molecule has 2 heterocycles. The molecule has 0 aliphatic carbocycles. The fourth-order valence-electron chi connectivity index (χ4n) is 3.04. The molecule has 5 heteroatoms. The molecule has 0 spiro atoms. The number of fused-ring (bicyclic) bond motifs is 1. The Morgan fingerprint density at radius 2 is 2.38 bits per heavy atom. The molecular weight excluding hydrogens is 267 g/mol. The van der Waals surface area contributed by atoms with E-state index < -0.39 is 0 Å². The smallest absolute Gasteiger partial charge is 0.150 e. The van der Waals surface area contributed by atoms with Crippen LogP contribution in [0.25, 0.3) is 10.9 Å². The molecule has 0 radical (unpaired) electrons. The predicted octanol–water partition coefficient (Wildman–Crippen LogP) is 2.85. The highest BCUT2D eigenvalue weighted by atomic mass is 19.1. The van der Waals surface area contributed by atoms with Crippen molar-refractivity contribution in [1.82, 2.24) is 9.88 Å². The van der Waals surface area contributed by atoms with Crippen LogP contribution in [0.2, 0.25) is 0 Å². The summed E-state index contributed by atoms with van der Waals surface area (Å²) in [5, 5.41) is 4.14. The van der Waals surface area contributed by atoms with Gasteiger partial charge in [0.05, 0.1) is 11.2 Å². The van der Waals surface area contributed by atoms with Crippen LogP contribution in [0.4, 0.5) is 15.8 Å². The number of nitrogens with one attached hydrogen (secondary N) is 1. The lowest BCUT2D eigenvalue weighted by Crippen LogP contribution is -2.42. The van der Waals surface area contributed by atoms with Crippen molar-refractivity contribution >= 4 is 22.3 Å². The van der Waals surface area contributed by atoms with E-state index in [1.165, 1.54) is 6.07 Å². The molecule has 1 aromatic carbocycles. The molecule has 1 aliphatic heterocycles. The summed E-state index contributed by atoms with van der Waals surface area (Å²) in [7, 11) is 0. The number of hydrogen-bond donors (Lipinski definition) is 2. The van der Waals surface area contributed by atoms with E-state index in [0.29, 0.717) is 16.9 Å². The molecule has 21 heavy (non-hydrogen) atoms. The maximum absolute atomic E-state index is 14.3. The largest absolute Gasteiger partial charge is 0.398 e. The Bertz CT molecular complexity index is 643. The number of nitrogens with zero attached hydrogens (tertiary/aromatic N) is 2. The van der Waals surface area contributed by atoms with Crippen LogP contribution in [-0.4, -0.2) is 35.6 Å². The highest BCUT2D eigenvalue weighted by molar-refractivity contribution is 5.98. The first-order valence-corrected chi connectivity index (χ1v) is 7.50. The Kier molecular flexibility index (Phi) is 3.92. The Morgan fingerprint density at radius 3 is 3.19 bits per heavy atom. The number of benzene rings is 1. The summed E-state index contributed by atoms with van der Waals surface area (Å²) in [4.78, 5) is 6.69. The highest BCUT2D eigenvalue weighted by Gasteiger charge is 2.21. The Morgan fingerprint density at radius 1 is 1.52 bits per heavy atom. The molecule has 0 saturated carbocycles. The minimum absolute atomic E-state index is 0.252. The molecular formula is C16H21FN4. The van der Waals surface area contributed by atoms with E-state index in [2.05, 4.69) is 22.1 Å². The van der Waals surface area contributed by atoms with Crippen molar-refractivity contribution in [1.29, 1.82) is 0 Å². The molecule has 1 unspecified atom stereocenters. The summed E-state index contributed by atoms with van der Waals surface area (Å²) in [6.07, 6.45) is 3.85. The molecule has 112 valence electrons. The average Bonchev–Trinajstić information content (AvgIpc) is 2.51. The van der Waals surface area contributed by atoms with Gasteiger partial charge in [-0.3, -0.25) is 4.98 Å². The number of anilines is 2. The molecule has 3 rings (SSSR count). The molecule has 1 aromatic heterocycles. The van der Waals surface area contributed by atoms with Crippen molar-refractivity contribution in [2.45, 2.75) is 25.8 Å². The van der Waals surface area contributed by atoms with Crippen molar-refractivity contribution < 1.29 is 4.39 Å². The predicted molar refractivity (Wildman–Crippen MR) is 84.9 cm³/mol. The van der Waals surface area contributed by atoms with Crippen molar-refractivity contribution in [3.63, 3.8) is 0 Å². The fraction of sp³-hybridized carbons (Fsp3) is 0.438. The quantitative estimate of drug-likeness (QED) is 0.853. The average molecular weight is 288 g/mol. The summed E-state index contributed by atoms with van der Waals surface area (Å²) >= 11 is 0. The Balaban J connectivity index is 1.93. The number of hydrogen-bond acceptors (Lipinski definition) is 4. The first-order chi connectivity index (χ1) is 10.2. The summed E-state index contributed by atoms with van der Waals surface area (Å²) < 4.78 is 14.3. The Labute approximate surface area is 124 Å². The maximum atomic E-state index is 14.3. The van der Waals surface area contributed by atoms with Gasteiger partial charge in [-0.2, -0.15) is 0 Å². The van der Waals surface area contributed by atoms with Crippen molar-refractivity contribution in [2.24, 2.45) is 0 Å². The molecule has 1 fully saturated rings. The highest BCUT2D eigenvalue weighted by Crippen LogP contribution is 2.30. The van der Waals surface area contributed by atoms with Gasteiger partial charge in [-0.1, -0.05) is 6.92 Å². The van der Waals surface area contributed by atoms with Gasteiger partial charge < -0.3 is 16.0 Å². The molecule has 0 bridgehead atoms. The lowest BCUT2D eigenvalue weighted by atomic mass is 10.0. The zero-order valence-electron chi connectivity index (χ0n) is 12.3. The van der Waals surface area contributed by atoms with E-state index in [9.17, 15) is 4.39 Å². The van der Waals surface area contributed by atoms with Crippen LogP contribution in [0.3, 0.4) is 0 Å². The molecule has 1 atom stereocenters. The second-order valence-corrected chi connectivity index (χ2v) is 5.60. The van der Waals surface area contributed by atoms with E-state index in [1.54, 1.807) is 6.20 Å². The zero-order valence-corrected chi connectivity index (χ0v) is 12.3. The van der Waals surface area contributed by atoms with E-state index in [0.717, 1.165) is 37.9 Å². The summed E-state index contributed by atoms with van der Waals surface area (Å²) in [5.41, 5.74) is 7.41. The third-order valence-corrected chi connectivity index (χ3v) is 4.18. The molecule has 0 amide bonds. The van der Waals surface area contributed by atoms with Gasteiger partial charge in [0.25, 0.3) is 0 Å². The number of nitrogens with two attached hydrogens (primary N) is 1. The second kappa shape index (κ2) is 5.85. The van der Waals surface area contributed by atoms with E-state index in [1.807, 2.05) is 12.1 Å². The van der Waals surface area contributed by atoms with Crippen molar-refractivity contribution in [3.8, 4) is 0 Å². The van der Waals surface area contributed by atoms with Gasteiger partial charge in [0.2, 0.25) is 0 Å². The van der Waals surface area contributed by atoms with Gasteiger partial charge in [0, 0.05) is 29.9 Å². The monoisotopic (exact) mass is 288 g/mol. The van der Waals surface area contributed by atoms with Gasteiger partial charge in [-0.05, 0) is 44.1 Å². The minimum Gasteiger partial charge on any atom is -0.398 e. The molecule has 3 N–H and O–H groups in total. The van der Waals surface area contributed by atoms with E-state index in [-0.39, 0.29) is 11.9 Å². The van der Waals surface area contributed by atoms with Crippen LogP contribution in [0.1, 0.15) is 19.8 Å². The first-order valence-electron chi connectivity index (χ1n) is 7.50. The van der Waals surface area contributed by atoms with Crippen molar-refractivity contribution in [3.05, 3.63) is 30.2 Å². The Hall–Kier alpha value is -1.88. The number of nitrogen functional groups attached to an aromatic ring is 1. The topological polar surface area (TPSA) is 54.2 Å².